The largest absolute Gasteiger partial charge is 0.485 e. The molecule has 1 aromatic heterocycles. The molecule has 26 heavy (non-hydrogen) atoms. The van der Waals surface area contributed by atoms with Crippen molar-refractivity contribution in [2.45, 2.75) is 13.8 Å². The van der Waals surface area contributed by atoms with Gasteiger partial charge in [0.1, 0.15) is 11.6 Å². The second kappa shape index (κ2) is 7.62. The van der Waals surface area contributed by atoms with Crippen LogP contribution in [0.3, 0.4) is 0 Å². The summed E-state index contributed by atoms with van der Waals surface area (Å²) < 4.78 is 18.5. The predicted molar refractivity (Wildman–Crippen MR) is 99.9 cm³/mol. The lowest BCUT2D eigenvalue weighted by molar-refractivity contribution is 0.0920. The molecular formula is C21H17FO3S. The number of carbonyl (C=O) groups excluding carboxylic acids is 2. The van der Waals surface area contributed by atoms with Gasteiger partial charge in [-0.1, -0.05) is 0 Å². The van der Waals surface area contributed by atoms with Crippen LogP contribution < -0.4 is 4.74 Å². The Morgan fingerprint density at radius 2 is 1.54 bits per heavy atom. The van der Waals surface area contributed by atoms with E-state index in [1.165, 1.54) is 24.3 Å². The van der Waals surface area contributed by atoms with Crippen molar-refractivity contribution in [1.29, 1.82) is 0 Å². The van der Waals surface area contributed by atoms with Crippen LogP contribution in [-0.2, 0) is 0 Å². The van der Waals surface area contributed by atoms with E-state index in [2.05, 4.69) is 0 Å². The topological polar surface area (TPSA) is 43.4 Å². The Morgan fingerprint density at radius 1 is 0.962 bits per heavy atom. The van der Waals surface area contributed by atoms with Crippen LogP contribution in [0.1, 0.15) is 36.0 Å². The van der Waals surface area contributed by atoms with Gasteiger partial charge in [0, 0.05) is 26.4 Å². The first-order valence-corrected chi connectivity index (χ1v) is 8.89. The third-order valence-corrected chi connectivity index (χ3v) is 4.90. The fraction of sp³-hybridized carbons (Fsp3) is 0.143. The monoisotopic (exact) mass is 368 g/mol. The standard InChI is InChI=1S/C21H17FO3S/c1-13-11-19(14(2)26-13)20(23)12-25-18-9-5-16(6-10-18)21(24)15-3-7-17(22)8-4-15/h3-11H,12H2,1-2H3. The Morgan fingerprint density at radius 3 is 2.08 bits per heavy atom. The van der Waals surface area contributed by atoms with Crippen LogP contribution in [0.5, 0.6) is 5.75 Å². The van der Waals surface area contributed by atoms with Crippen LogP contribution in [0.2, 0.25) is 0 Å². The lowest BCUT2D eigenvalue weighted by atomic mass is 10.0. The van der Waals surface area contributed by atoms with E-state index >= 15 is 0 Å². The van der Waals surface area contributed by atoms with Gasteiger partial charge in [0.25, 0.3) is 0 Å². The van der Waals surface area contributed by atoms with E-state index in [0.29, 0.717) is 22.4 Å². The highest BCUT2D eigenvalue weighted by molar-refractivity contribution is 7.12. The Balaban J connectivity index is 1.64. The van der Waals surface area contributed by atoms with Crippen molar-refractivity contribution in [3.8, 4) is 5.75 Å². The van der Waals surface area contributed by atoms with Gasteiger partial charge in [-0.05, 0) is 68.4 Å². The highest BCUT2D eigenvalue weighted by Gasteiger charge is 2.13. The maximum absolute atomic E-state index is 12.9. The molecule has 0 aliphatic heterocycles. The highest BCUT2D eigenvalue weighted by Crippen LogP contribution is 2.22. The molecule has 132 valence electrons. The number of hydrogen-bond acceptors (Lipinski definition) is 4. The summed E-state index contributed by atoms with van der Waals surface area (Å²) in [5, 5.41) is 0. The lowest BCUT2D eigenvalue weighted by Crippen LogP contribution is -2.11. The van der Waals surface area contributed by atoms with Crippen LogP contribution in [0, 0.1) is 19.7 Å². The molecule has 5 heteroatoms. The number of Topliss-reactive ketones (excluding diaryl/α,β-unsaturated/α-hetero) is 1. The van der Waals surface area contributed by atoms with Gasteiger partial charge in [-0.15, -0.1) is 11.3 Å². The molecule has 0 amide bonds. The molecule has 3 aromatic rings. The molecular weight excluding hydrogens is 351 g/mol. The Kier molecular flexibility index (Phi) is 5.28. The molecule has 0 spiro atoms. The van der Waals surface area contributed by atoms with Crippen LogP contribution in [0.15, 0.2) is 54.6 Å². The van der Waals surface area contributed by atoms with Crippen LogP contribution >= 0.6 is 11.3 Å². The van der Waals surface area contributed by atoms with Crippen molar-refractivity contribution in [3.05, 3.63) is 86.9 Å². The molecule has 0 saturated heterocycles. The molecule has 0 saturated carbocycles. The second-order valence-electron chi connectivity index (χ2n) is 5.90. The maximum atomic E-state index is 12.9. The first-order valence-electron chi connectivity index (χ1n) is 8.07. The number of halogens is 1. The number of rotatable bonds is 6. The molecule has 1 heterocycles. The van der Waals surface area contributed by atoms with Crippen LogP contribution in [-0.4, -0.2) is 18.2 Å². The first kappa shape index (κ1) is 18.0. The third kappa shape index (κ3) is 4.06. The summed E-state index contributed by atoms with van der Waals surface area (Å²) in [5.41, 5.74) is 1.58. The van der Waals surface area contributed by atoms with E-state index in [4.69, 9.17) is 4.74 Å². The second-order valence-corrected chi connectivity index (χ2v) is 7.36. The summed E-state index contributed by atoms with van der Waals surface area (Å²) in [6.07, 6.45) is 0. The van der Waals surface area contributed by atoms with Gasteiger partial charge in [0.05, 0.1) is 0 Å². The minimum absolute atomic E-state index is 0.0533. The van der Waals surface area contributed by atoms with E-state index in [9.17, 15) is 14.0 Å². The molecule has 0 radical (unpaired) electrons. The van der Waals surface area contributed by atoms with Gasteiger partial charge in [-0.25, -0.2) is 4.39 Å². The van der Waals surface area contributed by atoms with Gasteiger partial charge in [0.2, 0.25) is 5.78 Å². The fourth-order valence-electron chi connectivity index (χ4n) is 2.60. The van der Waals surface area contributed by atoms with Crippen molar-refractivity contribution < 1.29 is 18.7 Å². The van der Waals surface area contributed by atoms with Crippen molar-refractivity contribution in [1.82, 2.24) is 0 Å². The van der Waals surface area contributed by atoms with E-state index in [1.54, 1.807) is 35.6 Å². The molecule has 0 aliphatic carbocycles. The molecule has 0 unspecified atom stereocenters. The molecule has 0 aliphatic rings. The molecule has 3 rings (SSSR count). The van der Waals surface area contributed by atoms with Gasteiger partial charge in [0.15, 0.2) is 12.4 Å². The summed E-state index contributed by atoms with van der Waals surface area (Å²) in [4.78, 5) is 26.7. The summed E-state index contributed by atoms with van der Waals surface area (Å²) >= 11 is 1.59. The quantitative estimate of drug-likeness (QED) is 0.575. The van der Waals surface area contributed by atoms with Gasteiger partial charge >= 0.3 is 0 Å². The van der Waals surface area contributed by atoms with Crippen LogP contribution in [0.4, 0.5) is 4.39 Å². The molecule has 0 atom stereocenters. The maximum Gasteiger partial charge on any atom is 0.201 e. The molecule has 2 aromatic carbocycles. The highest BCUT2D eigenvalue weighted by atomic mass is 32.1. The summed E-state index contributed by atoms with van der Waals surface area (Å²) in [6.45, 7) is 3.83. The molecule has 0 fully saturated rings. The summed E-state index contributed by atoms with van der Waals surface area (Å²) in [6, 6.07) is 13.8. The Hall–Kier alpha value is -2.79. The zero-order valence-corrected chi connectivity index (χ0v) is 15.2. The number of aryl methyl sites for hydroxylation is 2. The van der Waals surface area contributed by atoms with Crippen molar-refractivity contribution in [2.75, 3.05) is 6.61 Å². The lowest BCUT2D eigenvalue weighted by Gasteiger charge is -2.07. The van der Waals surface area contributed by atoms with E-state index < -0.39 is 0 Å². The van der Waals surface area contributed by atoms with Crippen molar-refractivity contribution in [2.24, 2.45) is 0 Å². The molecule has 3 nitrogen and oxygen atoms in total. The first-order chi connectivity index (χ1) is 12.4. The number of hydrogen-bond donors (Lipinski definition) is 0. The third-order valence-electron chi connectivity index (χ3n) is 3.93. The minimum Gasteiger partial charge on any atom is -0.485 e. The Labute approximate surface area is 155 Å². The van der Waals surface area contributed by atoms with Gasteiger partial charge in [-0.3, -0.25) is 9.59 Å². The normalized spacial score (nSPS) is 10.6. The molecule has 0 bridgehead atoms. The van der Waals surface area contributed by atoms with Crippen LogP contribution in [0.25, 0.3) is 0 Å². The Bertz CT molecular complexity index is 940. The van der Waals surface area contributed by atoms with Crippen molar-refractivity contribution in [3.63, 3.8) is 0 Å². The van der Waals surface area contributed by atoms with Gasteiger partial charge in [-0.2, -0.15) is 0 Å². The summed E-state index contributed by atoms with van der Waals surface area (Å²) in [7, 11) is 0. The fourth-order valence-corrected chi connectivity index (χ4v) is 3.55. The zero-order chi connectivity index (χ0) is 18.7. The number of benzene rings is 2. The SMILES string of the molecule is Cc1cc(C(=O)COc2ccc(C(=O)c3ccc(F)cc3)cc2)c(C)s1. The van der Waals surface area contributed by atoms with Crippen molar-refractivity contribution >= 4 is 22.9 Å². The van der Waals surface area contributed by atoms with Gasteiger partial charge < -0.3 is 4.74 Å². The van der Waals surface area contributed by atoms with E-state index in [0.717, 1.165) is 9.75 Å². The number of ether oxygens (including phenoxy) is 1. The number of ketones is 2. The zero-order valence-electron chi connectivity index (χ0n) is 14.4. The summed E-state index contributed by atoms with van der Waals surface area (Å²) in [5.74, 6) is -0.139. The van der Waals surface area contributed by atoms with E-state index in [-0.39, 0.29) is 24.0 Å². The van der Waals surface area contributed by atoms with E-state index in [1.807, 2.05) is 19.9 Å². The average Bonchev–Trinajstić information content (AvgIpc) is 2.98. The number of thiophene rings is 1. The predicted octanol–water partition coefficient (Wildman–Crippen LogP) is 5.00. The minimum atomic E-state index is -0.383. The smallest absolute Gasteiger partial charge is 0.201 e. The molecule has 0 N–H and O–H groups in total. The average molecular weight is 368 g/mol. The number of carbonyl (C=O) groups is 2.